The van der Waals surface area contributed by atoms with Gasteiger partial charge in [0.15, 0.2) is 0 Å². The van der Waals surface area contributed by atoms with E-state index in [1.54, 1.807) is 22.0 Å². The Bertz CT molecular complexity index is 673. The molecular formula is C17H23NO2S. The van der Waals surface area contributed by atoms with Gasteiger partial charge in [0.25, 0.3) is 0 Å². The molecule has 3 rings (SSSR count). The summed E-state index contributed by atoms with van der Waals surface area (Å²) in [7, 11) is -3.33. The summed E-state index contributed by atoms with van der Waals surface area (Å²) in [5.41, 5.74) is 5.28. The Balaban J connectivity index is 1.78. The van der Waals surface area contributed by atoms with E-state index in [1.807, 2.05) is 19.9 Å². The van der Waals surface area contributed by atoms with Crippen LogP contribution in [-0.2, 0) is 10.0 Å². The number of sulfonamides is 1. The van der Waals surface area contributed by atoms with Crippen molar-refractivity contribution in [3.63, 3.8) is 0 Å². The molecule has 1 aromatic carbocycles. The number of piperidine rings is 1. The molecule has 1 aliphatic heterocycles. The number of hydrogen-bond acceptors (Lipinski definition) is 2. The van der Waals surface area contributed by atoms with E-state index in [-0.39, 0.29) is 0 Å². The first-order valence-electron chi connectivity index (χ1n) is 7.75. The van der Waals surface area contributed by atoms with E-state index in [0.29, 0.717) is 18.0 Å². The van der Waals surface area contributed by atoms with Crippen molar-refractivity contribution < 1.29 is 8.42 Å². The summed E-state index contributed by atoms with van der Waals surface area (Å²) in [5, 5.41) is 0. The third-order valence-electron chi connectivity index (χ3n) is 4.90. The quantitative estimate of drug-likeness (QED) is 0.783. The first-order valence-corrected chi connectivity index (χ1v) is 9.19. The van der Waals surface area contributed by atoms with Crippen LogP contribution in [0.3, 0.4) is 0 Å². The van der Waals surface area contributed by atoms with E-state index in [2.05, 4.69) is 0 Å². The largest absolute Gasteiger partial charge is 0.243 e. The SMILES string of the molecule is Cc1ccc(S(=O)(=O)N2CCC(=C3CCC3)CC2)cc1C. The Labute approximate surface area is 127 Å². The van der Waals surface area contributed by atoms with Crippen molar-refractivity contribution >= 4 is 10.0 Å². The predicted molar refractivity (Wildman–Crippen MR) is 84.8 cm³/mol. The fourth-order valence-corrected chi connectivity index (χ4v) is 4.61. The molecule has 0 aromatic heterocycles. The molecule has 4 heteroatoms. The smallest absolute Gasteiger partial charge is 0.207 e. The zero-order valence-corrected chi connectivity index (χ0v) is 13.7. The molecule has 2 aliphatic rings. The average Bonchev–Trinajstić information content (AvgIpc) is 2.40. The Morgan fingerprint density at radius 3 is 2.05 bits per heavy atom. The number of rotatable bonds is 2. The normalized spacial score (nSPS) is 20.5. The Kier molecular flexibility index (Phi) is 3.93. The van der Waals surface area contributed by atoms with Gasteiger partial charge in [0.05, 0.1) is 4.90 Å². The van der Waals surface area contributed by atoms with Crippen molar-refractivity contribution in [2.75, 3.05) is 13.1 Å². The maximum Gasteiger partial charge on any atom is 0.243 e. The van der Waals surface area contributed by atoms with Crippen LogP contribution < -0.4 is 0 Å². The van der Waals surface area contributed by atoms with E-state index in [4.69, 9.17) is 0 Å². The van der Waals surface area contributed by atoms with Gasteiger partial charge in [-0.3, -0.25) is 0 Å². The van der Waals surface area contributed by atoms with E-state index in [0.717, 1.165) is 24.0 Å². The number of nitrogens with zero attached hydrogens (tertiary/aromatic N) is 1. The molecule has 0 unspecified atom stereocenters. The van der Waals surface area contributed by atoms with Crippen LogP contribution in [0, 0.1) is 13.8 Å². The molecule has 114 valence electrons. The summed E-state index contributed by atoms with van der Waals surface area (Å²) in [6.45, 7) is 5.23. The highest BCUT2D eigenvalue weighted by molar-refractivity contribution is 7.89. The van der Waals surface area contributed by atoms with Crippen LogP contribution in [0.15, 0.2) is 34.2 Å². The molecule has 0 radical (unpaired) electrons. The van der Waals surface area contributed by atoms with Crippen LogP contribution in [0.5, 0.6) is 0 Å². The van der Waals surface area contributed by atoms with Gasteiger partial charge in [-0.1, -0.05) is 17.2 Å². The first-order chi connectivity index (χ1) is 9.98. The molecule has 1 saturated carbocycles. The van der Waals surface area contributed by atoms with Gasteiger partial charge in [0.2, 0.25) is 10.0 Å². The van der Waals surface area contributed by atoms with Gasteiger partial charge in [0, 0.05) is 13.1 Å². The van der Waals surface area contributed by atoms with Crippen LogP contribution in [0.2, 0.25) is 0 Å². The van der Waals surface area contributed by atoms with Crippen LogP contribution >= 0.6 is 0 Å². The molecule has 0 amide bonds. The molecule has 0 atom stereocenters. The van der Waals surface area contributed by atoms with E-state index < -0.39 is 10.0 Å². The van der Waals surface area contributed by atoms with E-state index in [9.17, 15) is 8.42 Å². The fourth-order valence-electron chi connectivity index (χ4n) is 3.08. The topological polar surface area (TPSA) is 37.4 Å². The molecule has 0 bridgehead atoms. The lowest BCUT2D eigenvalue weighted by Gasteiger charge is -2.31. The second kappa shape index (κ2) is 5.58. The zero-order valence-electron chi connectivity index (χ0n) is 12.9. The van der Waals surface area contributed by atoms with Gasteiger partial charge in [-0.15, -0.1) is 0 Å². The zero-order chi connectivity index (χ0) is 15.0. The highest BCUT2D eigenvalue weighted by Crippen LogP contribution is 2.34. The van der Waals surface area contributed by atoms with Crippen LogP contribution in [0.25, 0.3) is 0 Å². The second-order valence-electron chi connectivity index (χ2n) is 6.21. The third kappa shape index (κ3) is 2.79. The summed E-state index contributed by atoms with van der Waals surface area (Å²) >= 11 is 0. The third-order valence-corrected chi connectivity index (χ3v) is 6.79. The minimum atomic E-state index is -3.33. The van der Waals surface area contributed by atoms with Crippen LogP contribution in [0.1, 0.15) is 43.2 Å². The van der Waals surface area contributed by atoms with E-state index >= 15 is 0 Å². The maximum atomic E-state index is 12.7. The molecule has 3 nitrogen and oxygen atoms in total. The number of hydrogen-bond donors (Lipinski definition) is 0. The minimum Gasteiger partial charge on any atom is -0.207 e. The average molecular weight is 305 g/mol. The Morgan fingerprint density at radius 1 is 0.905 bits per heavy atom. The van der Waals surface area contributed by atoms with Gasteiger partial charge < -0.3 is 0 Å². The summed E-state index contributed by atoms with van der Waals surface area (Å²) in [6, 6.07) is 5.43. The monoisotopic (exact) mass is 305 g/mol. The molecule has 0 spiro atoms. The van der Waals surface area contributed by atoms with Crippen molar-refractivity contribution in [1.82, 2.24) is 4.31 Å². The molecular weight excluding hydrogens is 282 g/mol. The highest BCUT2D eigenvalue weighted by atomic mass is 32.2. The molecule has 1 aromatic rings. The van der Waals surface area contributed by atoms with Gasteiger partial charge >= 0.3 is 0 Å². The number of allylic oxidation sites excluding steroid dienone is 1. The summed E-state index contributed by atoms with van der Waals surface area (Å²) in [4.78, 5) is 0.436. The Morgan fingerprint density at radius 2 is 1.52 bits per heavy atom. The highest BCUT2D eigenvalue weighted by Gasteiger charge is 2.29. The van der Waals surface area contributed by atoms with Gasteiger partial charge in [-0.2, -0.15) is 4.31 Å². The molecule has 1 aliphatic carbocycles. The molecule has 21 heavy (non-hydrogen) atoms. The molecule has 1 heterocycles. The van der Waals surface area contributed by atoms with Crippen molar-refractivity contribution in [1.29, 1.82) is 0 Å². The minimum absolute atomic E-state index is 0.436. The van der Waals surface area contributed by atoms with Gasteiger partial charge in [-0.05, 0) is 69.2 Å². The molecule has 1 saturated heterocycles. The summed E-state index contributed by atoms with van der Waals surface area (Å²) in [5.74, 6) is 0. The second-order valence-corrected chi connectivity index (χ2v) is 8.15. The van der Waals surface area contributed by atoms with Crippen molar-refractivity contribution in [3.05, 3.63) is 40.5 Å². The fraction of sp³-hybridized carbons (Fsp3) is 0.529. The lowest BCUT2D eigenvalue weighted by Crippen LogP contribution is -2.36. The Hall–Kier alpha value is -1.13. The van der Waals surface area contributed by atoms with Crippen molar-refractivity contribution in [2.45, 2.75) is 50.8 Å². The number of benzene rings is 1. The first kappa shape index (κ1) is 14.8. The number of aryl methyl sites for hydroxylation is 2. The predicted octanol–water partition coefficient (Wildman–Crippen LogP) is 3.57. The lowest BCUT2D eigenvalue weighted by molar-refractivity contribution is 0.381. The summed E-state index contributed by atoms with van der Waals surface area (Å²) in [6.07, 6.45) is 5.61. The lowest BCUT2D eigenvalue weighted by atomic mass is 9.85. The van der Waals surface area contributed by atoms with Crippen LogP contribution in [0.4, 0.5) is 0 Å². The van der Waals surface area contributed by atoms with Gasteiger partial charge in [0.1, 0.15) is 0 Å². The van der Waals surface area contributed by atoms with Crippen molar-refractivity contribution in [2.24, 2.45) is 0 Å². The van der Waals surface area contributed by atoms with E-state index in [1.165, 1.54) is 24.8 Å². The van der Waals surface area contributed by atoms with Crippen molar-refractivity contribution in [3.8, 4) is 0 Å². The maximum absolute atomic E-state index is 12.7. The standard InChI is InChI=1S/C17H23NO2S/c1-13-6-7-17(12-14(13)2)21(19,20)18-10-8-16(9-11-18)15-4-3-5-15/h6-7,12H,3-5,8-11H2,1-2H3. The summed E-state index contributed by atoms with van der Waals surface area (Å²) < 4.78 is 27.1. The van der Waals surface area contributed by atoms with Gasteiger partial charge in [-0.25, -0.2) is 8.42 Å². The molecule has 2 fully saturated rings. The van der Waals surface area contributed by atoms with Crippen LogP contribution in [-0.4, -0.2) is 25.8 Å². The molecule has 0 N–H and O–H groups in total.